The van der Waals surface area contributed by atoms with E-state index in [0.717, 1.165) is 11.1 Å². The summed E-state index contributed by atoms with van der Waals surface area (Å²) in [6, 6.07) is 8.23. The third-order valence-corrected chi connectivity index (χ3v) is 2.10. The maximum atomic E-state index is 9.28. The van der Waals surface area contributed by atoms with Crippen molar-refractivity contribution in [3.8, 4) is 0 Å². The van der Waals surface area contributed by atoms with Gasteiger partial charge in [0, 0.05) is 0 Å². The Kier molecular flexibility index (Phi) is 3.26. The van der Waals surface area contributed by atoms with Crippen LogP contribution >= 0.6 is 0 Å². The van der Waals surface area contributed by atoms with E-state index < -0.39 is 0 Å². The van der Waals surface area contributed by atoms with Crippen molar-refractivity contribution in [1.29, 1.82) is 0 Å². The lowest BCUT2D eigenvalue weighted by molar-refractivity contribution is 0.232. The number of aliphatic hydroxyl groups excluding tert-OH is 1. The van der Waals surface area contributed by atoms with Crippen LogP contribution in [0.4, 0.5) is 0 Å². The molecule has 70 valence electrons. The summed E-state index contributed by atoms with van der Waals surface area (Å²) in [6.45, 7) is 5.78. The molecule has 0 fully saturated rings. The van der Waals surface area contributed by atoms with Crippen LogP contribution in [0.5, 0.6) is 0 Å². The fraction of sp³-hybridized carbons (Fsp3) is 0.333. The van der Waals surface area contributed by atoms with Crippen LogP contribution in [-0.4, -0.2) is 11.2 Å². The van der Waals surface area contributed by atoms with Crippen molar-refractivity contribution in [2.45, 2.75) is 26.9 Å². The van der Waals surface area contributed by atoms with Crippen LogP contribution in [0.1, 0.15) is 25.0 Å². The van der Waals surface area contributed by atoms with Gasteiger partial charge in [-0.05, 0) is 31.9 Å². The van der Waals surface area contributed by atoms with Crippen molar-refractivity contribution < 1.29 is 5.11 Å². The lowest BCUT2D eigenvalue weighted by Crippen LogP contribution is -2.00. The van der Waals surface area contributed by atoms with Gasteiger partial charge in [0.1, 0.15) is 0 Å². The lowest BCUT2D eigenvalue weighted by atomic mass is 10.1. The normalized spacial score (nSPS) is 14.3. The van der Waals surface area contributed by atoms with Crippen molar-refractivity contribution in [2.75, 3.05) is 0 Å². The largest absolute Gasteiger partial charge is 0.389 e. The molecule has 1 nitrogen and oxygen atoms in total. The molecule has 0 aliphatic heterocycles. The molecule has 0 spiro atoms. The molecule has 1 N–H and O–H groups in total. The number of benzene rings is 1. The van der Waals surface area contributed by atoms with Gasteiger partial charge in [0.05, 0.1) is 6.10 Å². The van der Waals surface area contributed by atoms with Gasteiger partial charge in [0.2, 0.25) is 0 Å². The first kappa shape index (κ1) is 10.0. The highest BCUT2D eigenvalue weighted by Crippen LogP contribution is 2.10. The van der Waals surface area contributed by atoms with Crippen LogP contribution in [0.3, 0.4) is 0 Å². The van der Waals surface area contributed by atoms with Gasteiger partial charge in [-0.2, -0.15) is 0 Å². The third kappa shape index (κ3) is 3.03. The van der Waals surface area contributed by atoms with E-state index in [1.54, 1.807) is 6.92 Å². The second-order valence-electron chi connectivity index (χ2n) is 3.48. The molecule has 0 aliphatic rings. The average Bonchev–Trinajstić information content (AvgIpc) is 2.04. The highest BCUT2D eigenvalue weighted by Gasteiger charge is 1.97. The molecule has 1 heteroatoms. The summed E-state index contributed by atoms with van der Waals surface area (Å²) < 4.78 is 0. The Balaban J connectivity index is 2.91. The van der Waals surface area contributed by atoms with Crippen molar-refractivity contribution in [3.05, 3.63) is 41.0 Å². The van der Waals surface area contributed by atoms with E-state index >= 15 is 0 Å². The number of hydrogen-bond acceptors (Lipinski definition) is 1. The highest BCUT2D eigenvalue weighted by molar-refractivity contribution is 5.53. The molecule has 0 bridgehead atoms. The molecule has 0 saturated carbocycles. The third-order valence-electron chi connectivity index (χ3n) is 2.10. The minimum Gasteiger partial charge on any atom is -0.389 e. The first-order valence-corrected chi connectivity index (χ1v) is 4.52. The van der Waals surface area contributed by atoms with E-state index in [-0.39, 0.29) is 6.10 Å². The summed E-state index contributed by atoms with van der Waals surface area (Å²) in [5.74, 6) is 0. The van der Waals surface area contributed by atoms with Gasteiger partial charge in [-0.25, -0.2) is 0 Å². The number of aliphatic hydroxyl groups is 1. The van der Waals surface area contributed by atoms with Crippen molar-refractivity contribution >= 4 is 6.08 Å². The molecule has 13 heavy (non-hydrogen) atoms. The second kappa shape index (κ2) is 4.24. The van der Waals surface area contributed by atoms with Crippen LogP contribution in [0.15, 0.2) is 29.8 Å². The molecule has 1 aromatic rings. The highest BCUT2D eigenvalue weighted by atomic mass is 16.3. The Morgan fingerprint density at radius 3 is 2.69 bits per heavy atom. The van der Waals surface area contributed by atoms with Gasteiger partial charge >= 0.3 is 0 Å². The first-order valence-electron chi connectivity index (χ1n) is 4.52. The van der Waals surface area contributed by atoms with E-state index in [0.29, 0.717) is 0 Å². The van der Waals surface area contributed by atoms with Crippen LogP contribution < -0.4 is 0 Å². The first-order chi connectivity index (χ1) is 6.09. The quantitative estimate of drug-likeness (QED) is 0.734. The Labute approximate surface area is 79.7 Å². The van der Waals surface area contributed by atoms with Crippen LogP contribution in [0, 0.1) is 6.92 Å². The van der Waals surface area contributed by atoms with Gasteiger partial charge in [-0.1, -0.05) is 35.9 Å². The molecule has 0 aromatic heterocycles. The van der Waals surface area contributed by atoms with Gasteiger partial charge in [0.15, 0.2) is 0 Å². The molecule has 0 unspecified atom stereocenters. The summed E-state index contributed by atoms with van der Waals surface area (Å²) >= 11 is 0. The molecule has 0 amide bonds. The summed E-state index contributed by atoms with van der Waals surface area (Å²) in [5, 5.41) is 9.28. The van der Waals surface area contributed by atoms with Crippen LogP contribution in [0.2, 0.25) is 0 Å². The summed E-state index contributed by atoms with van der Waals surface area (Å²) in [7, 11) is 0. The Bertz CT molecular complexity index is 311. The lowest BCUT2D eigenvalue weighted by Gasteiger charge is -2.04. The van der Waals surface area contributed by atoms with Gasteiger partial charge in [-0.15, -0.1) is 0 Å². The zero-order valence-corrected chi connectivity index (χ0v) is 8.41. The smallest absolute Gasteiger partial charge is 0.0722 e. The monoisotopic (exact) mass is 176 g/mol. The predicted octanol–water partition coefficient (Wildman–Crippen LogP) is 2.78. The molecule has 1 atom stereocenters. The van der Waals surface area contributed by atoms with E-state index in [1.807, 2.05) is 25.1 Å². The van der Waals surface area contributed by atoms with Gasteiger partial charge in [0.25, 0.3) is 0 Å². The molecular formula is C12H16O. The summed E-state index contributed by atoms with van der Waals surface area (Å²) in [5.41, 5.74) is 3.39. The molecular weight excluding hydrogens is 160 g/mol. The predicted molar refractivity (Wildman–Crippen MR) is 56.5 cm³/mol. The number of rotatable bonds is 2. The maximum absolute atomic E-state index is 9.28. The SMILES string of the molecule is C/C(=C\c1cccc(C)c1)[C@@H](C)O. The zero-order valence-electron chi connectivity index (χ0n) is 8.41. The fourth-order valence-electron chi connectivity index (χ4n) is 1.14. The standard InChI is InChI=1S/C12H16O/c1-9-5-4-6-12(7-9)8-10(2)11(3)13/h4-8,11,13H,1-3H3/b10-8+/t11-/m1/s1. The Hall–Kier alpha value is -1.08. The number of hydrogen-bond donors (Lipinski definition) is 1. The van der Waals surface area contributed by atoms with Crippen molar-refractivity contribution in [1.82, 2.24) is 0 Å². The van der Waals surface area contributed by atoms with Crippen molar-refractivity contribution in [3.63, 3.8) is 0 Å². The van der Waals surface area contributed by atoms with E-state index in [9.17, 15) is 5.11 Å². The van der Waals surface area contributed by atoms with Gasteiger partial charge in [-0.3, -0.25) is 0 Å². The second-order valence-corrected chi connectivity index (χ2v) is 3.48. The molecule has 0 saturated heterocycles. The summed E-state index contributed by atoms with van der Waals surface area (Å²) in [4.78, 5) is 0. The average molecular weight is 176 g/mol. The fourth-order valence-corrected chi connectivity index (χ4v) is 1.14. The Morgan fingerprint density at radius 1 is 1.46 bits per heavy atom. The molecule has 0 radical (unpaired) electrons. The molecule has 1 aromatic carbocycles. The van der Waals surface area contributed by atoms with E-state index in [2.05, 4.69) is 19.1 Å². The van der Waals surface area contributed by atoms with Crippen LogP contribution in [0.25, 0.3) is 6.08 Å². The Morgan fingerprint density at radius 2 is 2.15 bits per heavy atom. The molecule has 1 rings (SSSR count). The summed E-state index contributed by atoms with van der Waals surface area (Å²) in [6.07, 6.45) is 1.65. The van der Waals surface area contributed by atoms with E-state index in [4.69, 9.17) is 0 Å². The topological polar surface area (TPSA) is 20.2 Å². The maximum Gasteiger partial charge on any atom is 0.0722 e. The van der Waals surface area contributed by atoms with E-state index in [1.165, 1.54) is 5.56 Å². The molecule has 0 aliphatic carbocycles. The van der Waals surface area contributed by atoms with Crippen molar-refractivity contribution in [2.24, 2.45) is 0 Å². The minimum atomic E-state index is -0.361. The minimum absolute atomic E-state index is 0.361. The van der Waals surface area contributed by atoms with Crippen LogP contribution in [-0.2, 0) is 0 Å². The number of aryl methyl sites for hydroxylation is 1. The van der Waals surface area contributed by atoms with Gasteiger partial charge < -0.3 is 5.11 Å². The molecule has 0 heterocycles. The zero-order chi connectivity index (χ0) is 9.84.